The molecule has 0 heterocycles. The summed E-state index contributed by atoms with van der Waals surface area (Å²) in [5.41, 5.74) is 0. The molecule has 0 amide bonds. The molecule has 0 aliphatic rings. The molecule has 0 aromatic heterocycles. The Morgan fingerprint density at radius 1 is 1.42 bits per heavy atom. The highest BCUT2D eigenvalue weighted by Crippen LogP contribution is 2.08. The maximum atomic E-state index is 11.2. The summed E-state index contributed by atoms with van der Waals surface area (Å²) in [6.07, 6.45) is 2.60. The van der Waals surface area contributed by atoms with Crippen LogP contribution in [0.4, 0.5) is 0 Å². The molecule has 0 N–H and O–H groups in total. The molecule has 0 saturated carbocycles. The standard InChI is InChI=1S/C10H20OS/c1-4-12-7-5-6-10(11)8-9(2)3/h9H,4-8H2,1-3H3. The highest BCUT2D eigenvalue weighted by Gasteiger charge is 2.03. The minimum Gasteiger partial charge on any atom is -0.300 e. The number of ketones is 1. The minimum absolute atomic E-state index is 0.432. The third-order valence-electron chi connectivity index (χ3n) is 1.58. The predicted octanol–water partition coefficient (Wildman–Crippen LogP) is 3.13. The van der Waals surface area contributed by atoms with Crippen LogP contribution in [0.1, 0.15) is 40.0 Å². The summed E-state index contributed by atoms with van der Waals surface area (Å²) in [6.45, 7) is 6.35. The van der Waals surface area contributed by atoms with Crippen molar-refractivity contribution in [3.05, 3.63) is 0 Å². The normalized spacial score (nSPS) is 10.7. The molecule has 0 aromatic carbocycles. The molecule has 0 aromatic rings. The summed E-state index contributed by atoms with van der Waals surface area (Å²) in [7, 11) is 0. The molecule has 0 spiro atoms. The molecular weight excluding hydrogens is 168 g/mol. The van der Waals surface area contributed by atoms with Gasteiger partial charge in [-0.15, -0.1) is 0 Å². The second-order valence-electron chi connectivity index (χ2n) is 3.44. The first-order valence-electron chi connectivity index (χ1n) is 4.76. The van der Waals surface area contributed by atoms with E-state index in [1.54, 1.807) is 0 Å². The lowest BCUT2D eigenvalue weighted by atomic mass is 10.0. The topological polar surface area (TPSA) is 17.1 Å². The van der Waals surface area contributed by atoms with E-state index >= 15 is 0 Å². The molecule has 2 heteroatoms. The fourth-order valence-corrected chi connectivity index (χ4v) is 1.71. The van der Waals surface area contributed by atoms with Crippen LogP contribution in [-0.4, -0.2) is 17.3 Å². The van der Waals surface area contributed by atoms with Crippen molar-refractivity contribution in [1.29, 1.82) is 0 Å². The number of carbonyl (C=O) groups excluding carboxylic acids is 1. The first-order valence-corrected chi connectivity index (χ1v) is 5.91. The van der Waals surface area contributed by atoms with Gasteiger partial charge in [0.1, 0.15) is 5.78 Å². The predicted molar refractivity (Wildman–Crippen MR) is 56.7 cm³/mol. The molecular formula is C10H20OS. The lowest BCUT2D eigenvalue weighted by molar-refractivity contribution is -0.119. The fourth-order valence-electron chi connectivity index (χ4n) is 1.07. The Hall–Kier alpha value is 0.0200. The second-order valence-corrected chi connectivity index (χ2v) is 4.83. The van der Waals surface area contributed by atoms with Crippen molar-refractivity contribution in [2.45, 2.75) is 40.0 Å². The van der Waals surface area contributed by atoms with Crippen molar-refractivity contribution < 1.29 is 4.79 Å². The molecule has 0 bridgehead atoms. The number of carbonyl (C=O) groups is 1. The van der Waals surface area contributed by atoms with Crippen LogP contribution in [0.25, 0.3) is 0 Å². The van der Waals surface area contributed by atoms with Gasteiger partial charge in [-0.25, -0.2) is 0 Å². The first-order chi connectivity index (χ1) is 5.66. The molecule has 0 atom stereocenters. The molecule has 0 unspecified atom stereocenters. The summed E-state index contributed by atoms with van der Waals surface area (Å²) in [5, 5.41) is 0. The quantitative estimate of drug-likeness (QED) is 0.571. The fraction of sp³-hybridized carbons (Fsp3) is 0.900. The van der Waals surface area contributed by atoms with Crippen molar-refractivity contribution >= 4 is 17.5 Å². The van der Waals surface area contributed by atoms with Crippen LogP contribution in [-0.2, 0) is 4.79 Å². The van der Waals surface area contributed by atoms with Gasteiger partial charge in [0.2, 0.25) is 0 Å². The molecule has 12 heavy (non-hydrogen) atoms. The van der Waals surface area contributed by atoms with Gasteiger partial charge in [-0.1, -0.05) is 20.8 Å². The molecule has 0 aliphatic carbocycles. The average molecular weight is 188 g/mol. The van der Waals surface area contributed by atoms with Crippen LogP contribution in [0.5, 0.6) is 0 Å². The van der Waals surface area contributed by atoms with Gasteiger partial charge in [0.05, 0.1) is 0 Å². The highest BCUT2D eigenvalue weighted by molar-refractivity contribution is 7.99. The highest BCUT2D eigenvalue weighted by atomic mass is 32.2. The Morgan fingerprint density at radius 2 is 2.08 bits per heavy atom. The first kappa shape index (κ1) is 12.0. The van der Waals surface area contributed by atoms with Gasteiger partial charge in [0.15, 0.2) is 0 Å². The third-order valence-corrected chi connectivity index (χ3v) is 2.57. The van der Waals surface area contributed by atoms with Crippen LogP contribution in [0.2, 0.25) is 0 Å². The SMILES string of the molecule is CCSCCCC(=O)CC(C)C. The molecule has 72 valence electrons. The number of rotatable bonds is 7. The third kappa shape index (κ3) is 8.12. The lowest BCUT2D eigenvalue weighted by Gasteiger charge is -2.02. The summed E-state index contributed by atoms with van der Waals surface area (Å²) < 4.78 is 0. The van der Waals surface area contributed by atoms with E-state index < -0.39 is 0 Å². The van der Waals surface area contributed by atoms with Gasteiger partial charge in [-0.3, -0.25) is 4.79 Å². The van der Waals surface area contributed by atoms with Gasteiger partial charge in [0.25, 0.3) is 0 Å². The van der Waals surface area contributed by atoms with Crippen LogP contribution >= 0.6 is 11.8 Å². The number of thioether (sulfide) groups is 1. The van der Waals surface area contributed by atoms with Crippen molar-refractivity contribution in [3.63, 3.8) is 0 Å². The smallest absolute Gasteiger partial charge is 0.133 e. The van der Waals surface area contributed by atoms with Crippen LogP contribution in [0.3, 0.4) is 0 Å². The molecule has 0 fully saturated rings. The Kier molecular flexibility index (Phi) is 7.67. The van der Waals surface area contributed by atoms with Gasteiger partial charge >= 0.3 is 0 Å². The summed E-state index contributed by atoms with van der Waals surface area (Å²) in [6, 6.07) is 0. The zero-order valence-corrected chi connectivity index (χ0v) is 9.25. The monoisotopic (exact) mass is 188 g/mol. The zero-order valence-electron chi connectivity index (χ0n) is 8.43. The van der Waals surface area contributed by atoms with E-state index in [0.717, 1.165) is 25.0 Å². The van der Waals surface area contributed by atoms with E-state index in [9.17, 15) is 4.79 Å². The lowest BCUT2D eigenvalue weighted by Crippen LogP contribution is -2.02. The van der Waals surface area contributed by atoms with E-state index in [0.29, 0.717) is 11.7 Å². The van der Waals surface area contributed by atoms with Gasteiger partial charge < -0.3 is 0 Å². The largest absolute Gasteiger partial charge is 0.300 e. The van der Waals surface area contributed by atoms with Gasteiger partial charge in [0, 0.05) is 12.8 Å². The Balaban J connectivity index is 3.20. The number of hydrogen-bond acceptors (Lipinski definition) is 2. The van der Waals surface area contributed by atoms with Crippen molar-refractivity contribution in [2.75, 3.05) is 11.5 Å². The number of Topliss-reactive ketones (excluding diaryl/α,β-unsaturated/α-hetero) is 1. The van der Waals surface area contributed by atoms with Crippen molar-refractivity contribution in [2.24, 2.45) is 5.92 Å². The molecule has 1 nitrogen and oxygen atoms in total. The molecule has 0 radical (unpaired) electrons. The van der Waals surface area contributed by atoms with Crippen molar-refractivity contribution in [1.82, 2.24) is 0 Å². The average Bonchev–Trinajstić information content (AvgIpc) is 1.97. The zero-order chi connectivity index (χ0) is 9.40. The molecule has 0 aliphatic heterocycles. The second kappa shape index (κ2) is 7.66. The van der Waals surface area contributed by atoms with E-state index in [-0.39, 0.29) is 0 Å². The van der Waals surface area contributed by atoms with Crippen LogP contribution in [0, 0.1) is 5.92 Å². The maximum absolute atomic E-state index is 11.2. The summed E-state index contributed by atoms with van der Waals surface area (Å²) >= 11 is 1.92. The van der Waals surface area contributed by atoms with E-state index in [4.69, 9.17) is 0 Å². The summed E-state index contributed by atoms with van der Waals surface area (Å²) in [5.74, 6) is 3.26. The van der Waals surface area contributed by atoms with E-state index in [1.807, 2.05) is 11.8 Å². The van der Waals surface area contributed by atoms with E-state index in [2.05, 4.69) is 20.8 Å². The van der Waals surface area contributed by atoms with Crippen molar-refractivity contribution in [3.8, 4) is 0 Å². The Labute approximate surface area is 80.3 Å². The summed E-state index contributed by atoms with van der Waals surface area (Å²) in [4.78, 5) is 11.2. The minimum atomic E-state index is 0.432. The molecule has 0 saturated heterocycles. The van der Waals surface area contributed by atoms with Crippen LogP contribution in [0.15, 0.2) is 0 Å². The van der Waals surface area contributed by atoms with Crippen LogP contribution < -0.4 is 0 Å². The van der Waals surface area contributed by atoms with Gasteiger partial charge in [-0.05, 0) is 23.8 Å². The Bertz CT molecular complexity index is 121. The molecule has 0 rings (SSSR count). The van der Waals surface area contributed by atoms with E-state index in [1.165, 1.54) is 5.75 Å². The Morgan fingerprint density at radius 3 is 2.58 bits per heavy atom. The number of hydrogen-bond donors (Lipinski definition) is 0. The maximum Gasteiger partial charge on any atom is 0.133 e. The van der Waals surface area contributed by atoms with Gasteiger partial charge in [-0.2, -0.15) is 11.8 Å².